The molecular weight excluding hydrogens is 380 g/mol. The second-order valence-electron chi connectivity index (χ2n) is 6.14. The fourth-order valence-corrected chi connectivity index (χ4v) is 3.09. The van der Waals surface area contributed by atoms with E-state index < -0.39 is 24.4 Å². The third-order valence-corrected chi connectivity index (χ3v) is 4.61. The van der Waals surface area contributed by atoms with Gasteiger partial charge in [0.2, 0.25) is 0 Å². The standard InChI is InChI=1S/C18H18ClF2N3O3/c1-26-16-15(19)23-14(9-22-16)13-10-24(8-7-18(13,20)21)17(25)27-11-12-5-3-2-4-6-12/h2-6,9,13H,7-8,10-11H2,1H3/t13-/m0/s1. The summed E-state index contributed by atoms with van der Waals surface area (Å²) in [6.07, 6.45) is 0.0536. The average Bonchev–Trinajstić information content (AvgIpc) is 2.66. The van der Waals surface area contributed by atoms with Crippen LogP contribution in [0.5, 0.6) is 5.88 Å². The summed E-state index contributed by atoms with van der Waals surface area (Å²) in [7, 11) is 1.36. The number of benzene rings is 1. The zero-order valence-electron chi connectivity index (χ0n) is 14.6. The van der Waals surface area contributed by atoms with Crippen molar-refractivity contribution in [2.45, 2.75) is 24.9 Å². The molecule has 144 valence electrons. The molecule has 1 aromatic carbocycles. The molecule has 6 nitrogen and oxygen atoms in total. The highest BCUT2D eigenvalue weighted by atomic mass is 35.5. The van der Waals surface area contributed by atoms with Crippen LogP contribution in [-0.4, -0.2) is 47.1 Å². The topological polar surface area (TPSA) is 64.5 Å². The molecule has 0 aliphatic carbocycles. The van der Waals surface area contributed by atoms with Crippen LogP contribution < -0.4 is 4.74 Å². The Morgan fingerprint density at radius 3 is 2.78 bits per heavy atom. The molecule has 0 spiro atoms. The molecule has 2 aromatic rings. The van der Waals surface area contributed by atoms with Crippen molar-refractivity contribution < 1.29 is 23.0 Å². The van der Waals surface area contributed by atoms with Crippen LogP contribution in [-0.2, 0) is 11.3 Å². The van der Waals surface area contributed by atoms with E-state index in [-0.39, 0.29) is 36.4 Å². The minimum absolute atomic E-state index is 0.00589. The number of hydrogen-bond donors (Lipinski definition) is 0. The summed E-state index contributed by atoms with van der Waals surface area (Å²) in [6.45, 7) is -0.266. The largest absolute Gasteiger partial charge is 0.479 e. The Morgan fingerprint density at radius 1 is 1.37 bits per heavy atom. The molecule has 0 saturated carbocycles. The highest BCUT2D eigenvalue weighted by Crippen LogP contribution is 2.40. The number of carbonyl (C=O) groups is 1. The van der Waals surface area contributed by atoms with Gasteiger partial charge in [-0.05, 0) is 5.56 Å². The summed E-state index contributed by atoms with van der Waals surface area (Å²) in [5.74, 6) is -4.31. The van der Waals surface area contributed by atoms with Crippen LogP contribution in [0, 0.1) is 0 Å². The predicted molar refractivity (Wildman–Crippen MR) is 94.1 cm³/mol. The molecule has 1 aromatic heterocycles. The summed E-state index contributed by atoms with van der Waals surface area (Å²) in [5, 5.41) is -0.102. The third-order valence-electron chi connectivity index (χ3n) is 4.36. The van der Waals surface area contributed by atoms with Crippen molar-refractivity contribution in [3.63, 3.8) is 0 Å². The first-order valence-electron chi connectivity index (χ1n) is 8.30. The van der Waals surface area contributed by atoms with Gasteiger partial charge in [-0.3, -0.25) is 0 Å². The molecule has 2 heterocycles. The van der Waals surface area contributed by atoms with Gasteiger partial charge in [0.15, 0.2) is 5.15 Å². The van der Waals surface area contributed by atoms with Gasteiger partial charge in [-0.2, -0.15) is 0 Å². The highest BCUT2D eigenvalue weighted by Gasteiger charge is 2.47. The maximum atomic E-state index is 14.4. The lowest BCUT2D eigenvalue weighted by Crippen LogP contribution is -2.48. The number of carbonyl (C=O) groups excluding carboxylic acids is 1. The van der Waals surface area contributed by atoms with Crippen molar-refractivity contribution in [1.82, 2.24) is 14.9 Å². The fourth-order valence-electron chi connectivity index (χ4n) is 2.86. The van der Waals surface area contributed by atoms with Crippen LogP contribution in [0.25, 0.3) is 0 Å². The number of ether oxygens (including phenoxy) is 2. The van der Waals surface area contributed by atoms with Gasteiger partial charge < -0.3 is 14.4 Å². The van der Waals surface area contributed by atoms with Crippen LogP contribution in [0.3, 0.4) is 0 Å². The molecule has 1 amide bonds. The van der Waals surface area contributed by atoms with Gasteiger partial charge in [-0.1, -0.05) is 41.9 Å². The van der Waals surface area contributed by atoms with Crippen molar-refractivity contribution >= 4 is 17.7 Å². The molecule has 0 bridgehead atoms. The van der Waals surface area contributed by atoms with Crippen LogP contribution in [0.4, 0.5) is 13.6 Å². The summed E-state index contributed by atoms with van der Waals surface area (Å²) in [6, 6.07) is 9.13. The first-order valence-corrected chi connectivity index (χ1v) is 8.68. The lowest BCUT2D eigenvalue weighted by molar-refractivity contribution is -0.0740. The smallest absolute Gasteiger partial charge is 0.410 e. The predicted octanol–water partition coefficient (Wildman–Crippen LogP) is 3.90. The van der Waals surface area contributed by atoms with E-state index in [1.165, 1.54) is 18.2 Å². The van der Waals surface area contributed by atoms with E-state index in [0.29, 0.717) is 0 Å². The second-order valence-corrected chi connectivity index (χ2v) is 6.50. The number of hydrogen-bond acceptors (Lipinski definition) is 5. The number of piperidine rings is 1. The van der Waals surface area contributed by atoms with E-state index in [4.69, 9.17) is 21.1 Å². The number of amides is 1. The molecule has 0 unspecified atom stereocenters. The lowest BCUT2D eigenvalue weighted by atomic mass is 9.91. The van der Waals surface area contributed by atoms with Crippen LogP contribution >= 0.6 is 11.6 Å². The molecule has 3 rings (SSSR count). The maximum Gasteiger partial charge on any atom is 0.410 e. The second kappa shape index (κ2) is 8.04. The van der Waals surface area contributed by atoms with Gasteiger partial charge >= 0.3 is 6.09 Å². The molecule has 1 saturated heterocycles. The van der Waals surface area contributed by atoms with Gasteiger partial charge in [-0.25, -0.2) is 23.5 Å². The van der Waals surface area contributed by atoms with Crippen molar-refractivity contribution in [2.24, 2.45) is 0 Å². The van der Waals surface area contributed by atoms with Crippen LogP contribution in [0.1, 0.15) is 23.6 Å². The Hall–Kier alpha value is -2.48. The number of likely N-dealkylation sites (tertiary alicyclic amines) is 1. The first kappa shape index (κ1) is 19.3. The van der Waals surface area contributed by atoms with E-state index in [2.05, 4.69) is 9.97 Å². The van der Waals surface area contributed by atoms with E-state index >= 15 is 0 Å². The first-order chi connectivity index (χ1) is 12.9. The number of alkyl halides is 2. The molecule has 0 N–H and O–H groups in total. The molecule has 1 aliphatic rings. The van der Waals surface area contributed by atoms with Crippen LogP contribution in [0.2, 0.25) is 5.15 Å². The van der Waals surface area contributed by atoms with Gasteiger partial charge in [0, 0.05) is 19.5 Å². The zero-order valence-corrected chi connectivity index (χ0v) is 15.3. The summed E-state index contributed by atoms with van der Waals surface area (Å²) >= 11 is 5.91. The minimum atomic E-state index is -3.04. The molecule has 1 atom stereocenters. The lowest BCUT2D eigenvalue weighted by Gasteiger charge is -2.37. The molecule has 1 fully saturated rings. The molecule has 1 aliphatic heterocycles. The van der Waals surface area contributed by atoms with Gasteiger partial charge in [0.1, 0.15) is 6.61 Å². The van der Waals surface area contributed by atoms with Gasteiger partial charge in [0.05, 0.1) is 24.9 Å². The summed E-state index contributed by atoms with van der Waals surface area (Å²) < 4.78 is 39.0. The molecule has 0 radical (unpaired) electrons. The quantitative estimate of drug-likeness (QED) is 0.782. The Bertz CT molecular complexity index is 808. The molecule has 27 heavy (non-hydrogen) atoms. The number of halogens is 3. The average molecular weight is 398 g/mol. The third kappa shape index (κ3) is 4.44. The summed E-state index contributed by atoms with van der Waals surface area (Å²) in [5.41, 5.74) is 0.823. The van der Waals surface area contributed by atoms with Crippen molar-refractivity contribution in [3.8, 4) is 5.88 Å². The van der Waals surface area contributed by atoms with Crippen molar-refractivity contribution in [1.29, 1.82) is 0 Å². The minimum Gasteiger partial charge on any atom is -0.479 e. The highest BCUT2D eigenvalue weighted by molar-refractivity contribution is 6.30. The van der Waals surface area contributed by atoms with E-state index in [1.807, 2.05) is 30.3 Å². The summed E-state index contributed by atoms with van der Waals surface area (Å²) in [4.78, 5) is 21.4. The number of methoxy groups -OCH3 is 1. The van der Waals surface area contributed by atoms with Gasteiger partial charge in [0.25, 0.3) is 11.8 Å². The van der Waals surface area contributed by atoms with Crippen LogP contribution in [0.15, 0.2) is 36.5 Å². The molecule has 9 heteroatoms. The van der Waals surface area contributed by atoms with E-state index in [9.17, 15) is 13.6 Å². The van der Waals surface area contributed by atoms with E-state index in [1.54, 1.807) is 0 Å². The fraction of sp³-hybridized carbons (Fsp3) is 0.389. The Labute approximate surface area is 160 Å². The number of rotatable bonds is 4. The Kier molecular flexibility index (Phi) is 5.74. The SMILES string of the molecule is COc1ncc([C@@H]2CN(C(=O)OCc3ccccc3)CCC2(F)F)nc1Cl. The maximum absolute atomic E-state index is 14.4. The molecular formula is C18H18ClF2N3O3. The Morgan fingerprint density at radius 2 is 2.11 bits per heavy atom. The van der Waals surface area contributed by atoms with Crippen molar-refractivity contribution in [2.75, 3.05) is 20.2 Å². The Balaban J connectivity index is 1.71. The van der Waals surface area contributed by atoms with Gasteiger partial charge in [-0.15, -0.1) is 0 Å². The zero-order chi connectivity index (χ0) is 19.4. The number of nitrogens with zero attached hydrogens (tertiary/aromatic N) is 3. The normalized spacial score (nSPS) is 18.8. The van der Waals surface area contributed by atoms with E-state index in [0.717, 1.165) is 5.56 Å². The monoisotopic (exact) mass is 397 g/mol. The van der Waals surface area contributed by atoms with Crippen molar-refractivity contribution in [3.05, 3.63) is 52.9 Å². The number of aromatic nitrogens is 2.